The Hall–Kier alpha value is -3.37. The Morgan fingerprint density at radius 1 is 1.00 bits per heavy atom. The van der Waals surface area contributed by atoms with Crippen molar-refractivity contribution in [3.8, 4) is 5.75 Å². The molecule has 2 aromatic carbocycles. The fraction of sp³-hybridized carbons (Fsp3) is 0.100. The number of amides is 2. The van der Waals surface area contributed by atoms with Gasteiger partial charge in [0, 0.05) is 11.4 Å². The van der Waals surface area contributed by atoms with Crippen molar-refractivity contribution in [2.24, 2.45) is 0 Å². The van der Waals surface area contributed by atoms with Gasteiger partial charge < -0.3 is 15.4 Å². The van der Waals surface area contributed by atoms with Gasteiger partial charge in [0.05, 0.1) is 23.4 Å². The molecule has 0 aliphatic rings. The molecule has 30 heavy (non-hydrogen) atoms. The van der Waals surface area contributed by atoms with E-state index in [0.717, 1.165) is 0 Å². The van der Waals surface area contributed by atoms with E-state index in [9.17, 15) is 18.0 Å². The molecular formula is C20H19N3O5S2. The van der Waals surface area contributed by atoms with E-state index < -0.39 is 15.9 Å². The molecule has 10 heteroatoms. The zero-order valence-corrected chi connectivity index (χ0v) is 17.5. The van der Waals surface area contributed by atoms with E-state index in [4.69, 9.17) is 4.74 Å². The molecular weight excluding hydrogens is 426 g/mol. The molecule has 8 nitrogen and oxygen atoms in total. The number of carbonyl (C=O) groups excluding carboxylic acids is 2. The average molecular weight is 446 g/mol. The Morgan fingerprint density at radius 3 is 2.43 bits per heavy atom. The van der Waals surface area contributed by atoms with Crippen LogP contribution in [-0.2, 0) is 14.8 Å². The predicted octanol–water partition coefficient (Wildman–Crippen LogP) is 2.93. The van der Waals surface area contributed by atoms with Gasteiger partial charge in [0.1, 0.15) is 5.75 Å². The average Bonchev–Trinajstić information content (AvgIpc) is 3.27. The number of anilines is 2. The Kier molecular flexibility index (Phi) is 6.70. The minimum absolute atomic E-state index is 0.0151. The SMILES string of the molecule is COc1ccc(NS(=O)(=O)c2cccc(NC(=O)CNC(=O)c3cccs3)c2)cc1. The standard InChI is InChI=1S/C20H19N3O5S2/c1-28-16-9-7-14(8-10-16)23-30(26,27)17-5-2-4-15(12-17)22-19(24)13-21-20(25)18-6-3-11-29-18/h2-12,23H,13H2,1H3,(H,21,25)(H,22,24). The van der Waals surface area contributed by atoms with Gasteiger partial charge in [0.25, 0.3) is 15.9 Å². The van der Waals surface area contributed by atoms with E-state index in [2.05, 4.69) is 15.4 Å². The molecule has 3 N–H and O–H groups in total. The van der Waals surface area contributed by atoms with Crippen LogP contribution in [0.5, 0.6) is 5.75 Å². The van der Waals surface area contributed by atoms with Crippen LogP contribution in [0.3, 0.4) is 0 Å². The molecule has 1 heterocycles. The summed E-state index contributed by atoms with van der Waals surface area (Å²) in [6.07, 6.45) is 0. The van der Waals surface area contributed by atoms with Crippen LogP contribution >= 0.6 is 11.3 Å². The summed E-state index contributed by atoms with van der Waals surface area (Å²) in [4.78, 5) is 24.5. The largest absolute Gasteiger partial charge is 0.497 e. The van der Waals surface area contributed by atoms with Gasteiger partial charge >= 0.3 is 0 Å². The van der Waals surface area contributed by atoms with Gasteiger partial charge in [-0.25, -0.2) is 8.42 Å². The summed E-state index contributed by atoms with van der Waals surface area (Å²) >= 11 is 1.27. The maximum Gasteiger partial charge on any atom is 0.261 e. The summed E-state index contributed by atoms with van der Waals surface area (Å²) < 4.78 is 32.8. The van der Waals surface area contributed by atoms with E-state index in [1.165, 1.54) is 36.6 Å². The van der Waals surface area contributed by atoms with Crippen LogP contribution < -0.4 is 20.1 Å². The van der Waals surface area contributed by atoms with Gasteiger partial charge in [0.15, 0.2) is 0 Å². The third-order valence-electron chi connectivity index (χ3n) is 3.92. The molecule has 0 saturated heterocycles. The van der Waals surface area contributed by atoms with E-state index in [1.807, 2.05) is 0 Å². The fourth-order valence-corrected chi connectivity index (χ4v) is 4.22. The van der Waals surface area contributed by atoms with Crippen molar-refractivity contribution in [3.63, 3.8) is 0 Å². The summed E-state index contributed by atoms with van der Waals surface area (Å²) in [5.74, 6) is -0.216. The molecule has 0 atom stereocenters. The summed E-state index contributed by atoms with van der Waals surface area (Å²) in [6.45, 7) is -0.238. The molecule has 1 aromatic heterocycles. The molecule has 156 valence electrons. The molecule has 3 rings (SSSR count). The first-order valence-electron chi connectivity index (χ1n) is 8.76. The zero-order valence-electron chi connectivity index (χ0n) is 15.9. The summed E-state index contributed by atoms with van der Waals surface area (Å²) in [7, 11) is -2.34. The highest BCUT2D eigenvalue weighted by atomic mass is 32.2. The quantitative estimate of drug-likeness (QED) is 0.493. The maximum atomic E-state index is 12.6. The molecule has 0 fully saturated rings. The Labute approximate surface area is 177 Å². The first-order valence-corrected chi connectivity index (χ1v) is 11.1. The van der Waals surface area contributed by atoms with Crippen molar-refractivity contribution in [3.05, 3.63) is 70.9 Å². The number of nitrogens with one attached hydrogen (secondary N) is 3. The predicted molar refractivity (Wildman–Crippen MR) is 116 cm³/mol. The van der Waals surface area contributed by atoms with Gasteiger partial charge in [-0.05, 0) is 53.9 Å². The van der Waals surface area contributed by atoms with Crippen molar-refractivity contribution in [1.29, 1.82) is 0 Å². The lowest BCUT2D eigenvalue weighted by atomic mass is 10.3. The second kappa shape index (κ2) is 9.42. The van der Waals surface area contributed by atoms with Crippen molar-refractivity contribution in [2.45, 2.75) is 4.90 Å². The van der Waals surface area contributed by atoms with Crippen LogP contribution in [0, 0.1) is 0 Å². The van der Waals surface area contributed by atoms with Gasteiger partial charge in [-0.15, -0.1) is 11.3 Å². The lowest BCUT2D eigenvalue weighted by molar-refractivity contribution is -0.115. The van der Waals surface area contributed by atoms with Crippen LogP contribution in [0.1, 0.15) is 9.67 Å². The summed E-state index contributed by atoms with van der Waals surface area (Å²) in [6, 6.07) is 15.7. The number of thiophene rings is 1. The Bertz CT molecular complexity index is 1130. The van der Waals surface area contributed by atoms with Crippen LogP contribution in [0.4, 0.5) is 11.4 Å². The van der Waals surface area contributed by atoms with Crippen molar-refractivity contribution in [2.75, 3.05) is 23.7 Å². The second-order valence-electron chi connectivity index (χ2n) is 6.07. The van der Waals surface area contributed by atoms with E-state index in [-0.39, 0.29) is 17.3 Å². The topological polar surface area (TPSA) is 114 Å². The minimum Gasteiger partial charge on any atom is -0.497 e. The smallest absolute Gasteiger partial charge is 0.261 e. The van der Waals surface area contributed by atoms with Gasteiger partial charge in [0.2, 0.25) is 5.91 Å². The molecule has 0 bridgehead atoms. The highest BCUT2D eigenvalue weighted by molar-refractivity contribution is 7.92. The molecule has 0 radical (unpaired) electrons. The third-order valence-corrected chi connectivity index (χ3v) is 6.17. The van der Waals surface area contributed by atoms with E-state index in [1.54, 1.807) is 47.8 Å². The lowest BCUT2D eigenvalue weighted by Crippen LogP contribution is -2.32. The first kappa shape index (κ1) is 21.3. The second-order valence-corrected chi connectivity index (χ2v) is 8.70. The highest BCUT2D eigenvalue weighted by Gasteiger charge is 2.16. The van der Waals surface area contributed by atoms with Gasteiger partial charge in [-0.3, -0.25) is 14.3 Å². The number of benzene rings is 2. The molecule has 2 amide bonds. The van der Waals surface area contributed by atoms with Gasteiger partial charge in [-0.1, -0.05) is 12.1 Å². The molecule has 0 unspecified atom stereocenters. The van der Waals surface area contributed by atoms with Crippen molar-refractivity contribution < 1.29 is 22.7 Å². The fourth-order valence-electron chi connectivity index (χ4n) is 2.47. The third kappa shape index (κ3) is 5.58. The summed E-state index contributed by atoms with van der Waals surface area (Å²) in [5, 5.41) is 6.85. The first-order chi connectivity index (χ1) is 14.4. The lowest BCUT2D eigenvalue weighted by Gasteiger charge is -2.11. The number of sulfonamides is 1. The van der Waals surface area contributed by atoms with E-state index >= 15 is 0 Å². The Morgan fingerprint density at radius 2 is 1.77 bits per heavy atom. The highest BCUT2D eigenvalue weighted by Crippen LogP contribution is 2.21. The monoisotopic (exact) mass is 445 g/mol. The molecule has 0 aliphatic heterocycles. The van der Waals surface area contributed by atoms with Crippen LogP contribution in [0.25, 0.3) is 0 Å². The normalized spacial score (nSPS) is 10.8. The van der Waals surface area contributed by atoms with Crippen LogP contribution in [0.2, 0.25) is 0 Å². The molecule has 0 aliphatic carbocycles. The minimum atomic E-state index is -3.86. The number of methoxy groups -OCH3 is 1. The number of carbonyl (C=O) groups is 2. The molecule has 3 aromatic rings. The zero-order chi connectivity index (χ0) is 21.6. The number of rotatable bonds is 8. The van der Waals surface area contributed by atoms with Crippen LogP contribution in [-0.4, -0.2) is 33.9 Å². The summed E-state index contributed by atoms with van der Waals surface area (Å²) in [5.41, 5.74) is 0.671. The number of ether oxygens (including phenoxy) is 1. The number of hydrogen-bond donors (Lipinski definition) is 3. The molecule has 0 spiro atoms. The molecule has 0 saturated carbocycles. The van der Waals surface area contributed by atoms with Crippen LogP contribution in [0.15, 0.2) is 70.9 Å². The van der Waals surface area contributed by atoms with Gasteiger partial charge in [-0.2, -0.15) is 0 Å². The number of hydrogen-bond acceptors (Lipinski definition) is 6. The van der Waals surface area contributed by atoms with Crippen molar-refractivity contribution in [1.82, 2.24) is 5.32 Å². The van der Waals surface area contributed by atoms with E-state index in [0.29, 0.717) is 22.0 Å². The van der Waals surface area contributed by atoms with Crippen molar-refractivity contribution >= 4 is 44.5 Å². The Balaban J connectivity index is 1.62. The maximum absolute atomic E-state index is 12.6.